The minimum atomic E-state index is 0.385. The summed E-state index contributed by atoms with van der Waals surface area (Å²) in [6.45, 7) is 10.2. The van der Waals surface area contributed by atoms with Crippen LogP contribution in [0, 0.1) is 5.41 Å². The van der Waals surface area contributed by atoms with Gasteiger partial charge < -0.3 is 10.1 Å². The van der Waals surface area contributed by atoms with E-state index in [4.69, 9.17) is 4.74 Å². The molecule has 0 radical (unpaired) electrons. The highest BCUT2D eigenvalue weighted by molar-refractivity contribution is 5.37. The lowest BCUT2D eigenvalue weighted by Crippen LogP contribution is -2.26. The molecular formula is C18H29NO. The van der Waals surface area contributed by atoms with Gasteiger partial charge in [-0.3, -0.25) is 0 Å². The topological polar surface area (TPSA) is 21.3 Å². The van der Waals surface area contributed by atoms with Crippen molar-refractivity contribution >= 4 is 0 Å². The second-order valence-corrected chi connectivity index (χ2v) is 6.74. The fourth-order valence-corrected chi connectivity index (χ4v) is 3.13. The number of rotatable bonds is 7. The van der Waals surface area contributed by atoms with E-state index in [0.29, 0.717) is 11.3 Å². The van der Waals surface area contributed by atoms with Crippen LogP contribution in [0.3, 0.4) is 0 Å². The molecule has 1 aliphatic rings. The third-order valence-corrected chi connectivity index (χ3v) is 4.29. The molecule has 20 heavy (non-hydrogen) atoms. The van der Waals surface area contributed by atoms with Crippen molar-refractivity contribution in [2.24, 2.45) is 5.41 Å². The summed E-state index contributed by atoms with van der Waals surface area (Å²) in [5, 5.41) is 3.52. The first-order valence-electron chi connectivity index (χ1n) is 8.05. The van der Waals surface area contributed by atoms with Gasteiger partial charge in [0, 0.05) is 0 Å². The average molecular weight is 275 g/mol. The molecule has 0 aliphatic carbocycles. The summed E-state index contributed by atoms with van der Waals surface area (Å²) >= 11 is 0. The molecule has 1 heterocycles. The minimum absolute atomic E-state index is 0.385. The number of nitrogens with one attached hydrogen (secondary N) is 1. The molecule has 1 N–H and O–H groups in total. The lowest BCUT2D eigenvalue weighted by Gasteiger charge is -2.33. The number of hydrogen-bond acceptors (Lipinski definition) is 2. The fraction of sp³-hybridized carbons (Fsp3) is 0.667. The molecule has 2 nitrogen and oxygen atoms in total. The Labute approximate surface area is 123 Å². The molecule has 0 bridgehead atoms. The monoisotopic (exact) mass is 275 g/mol. The first-order chi connectivity index (χ1) is 9.62. The SMILES string of the molecule is CCCNCCC(C)(C)CC1CCOc2ccccc21. The summed E-state index contributed by atoms with van der Waals surface area (Å²) in [6.07, 6.45) is 4.87. The van der Waals surface area contributed by atoms with Crippen molar-refractivity contribution in [1.29, 1.82) is 0 Å². The van der Waals surface area contributed by atoms with Gasteiger partial charge in [-0.05, 0) is 61.7 Å². The second-order valence-electron chi connectivity index (χ2n) is 6.74. The van der Waals surface area contributed by atoms with E-state index in [-0.39, 0.29) is 0 Å². The number of ether oxygens (including phenoxy) is 1. The van der Waals surface area contributed by atoms with E-state index in [2.05, 4.69) is 50.4 Å². The molecule has 112 valence electrons. The van der Waals surface area contributed by atoms with Gasteiger partial charge in [-0.25, -0.2) is 0 Å². The maximum Gasteiger partial charge on any atom is 0.122 e. The Bertz CT molecular complexity index is 414. The van der Waals surface area contributed by atoms with Crippen LogP contribution in [-0.4, -0.2) is 19.7 Å². The highest BCUT2D eigenvalue weighted by Crippen LogP contribution is 2.41. The van der Waals surface area contributed by atoms with Crippen LogP contribution in [-0.2, 0) is 0 Å². The zero-order chi connectivity index (χ0) is 14.4. The standard InChI is InChI=1S/C18H29NO/c1-4-11-19-12-10-18(2,3)14-15-9-13-20-17-8-6-5-7-16(15)17/h5-8,15,19H,4,9-14H2,1-3H3. The highest BCUT2D eigenvalue weighted by Gasteiger charge is 2.28. The van der Waals surface area contributed by atoms with E-state index in [9.17, 15) is 0 Å². The Kier molecular flexibility index (Phi) is 5.47. The zero-order valence-corrected chi connectivity index (χ0v) is 13.2. The van der Waals surface area contributed by atoms with E-state index >= 15 is 0 Å². The largest absolute Gasteiger partial charge is 0.493 e. The highest BCUT2D eigenvalue weighted by atomic mass is 16.5. The first kappa shape index (κ1) is 15.4. The molecule has 1 aliphatic heterocycles. The summed E-state index contributed by atoms with van der Waals surface area (Å²) in [6, 6.07) is 8.55. The van der Waals surface area contributed by atoms with Crippen LogP contribution in [0.2, 0.25) is 0 Å². The molecule has 0 fully saturated rings. The van der Waals surface area contributed by atoms with Crippen LogP contribution in [0.1, 0.15) is 57.9 Å². The molecule has 2 rings (SSSR count). The number of hydrogen-bond donors (Lipinski definition) is 1. The Balaban J connectivity index is 1.92. The Morgan fingerprint density at radius 2 is 2.05 bits per heavy atom. The Hall–Kier alpha value is -1.02. The smallest absolute Gasteiger partial charge is 0.122 e. The van der Waals surface area contributed by atoms with Gasteiger partial charge in [-0.2, -0.15) is 0 Å². The summed E-state index contributed by atoms with van der Waals surface area (Å²) in [5.74, 6) is 1.75. The first-order valence-corrected chi connectivity index (χ1v) is 8.05. The number of benzene rings is 1. The summed E-state index contributed by atoms with van der Waals surface area (Å²) in [7, 11) is 0. The van der Waals surface area contributed by atoms with Crippen LogP contribution < -0.4 is 10.1 Å². The quantitative estimate of drug-likeness (QED) is 0.747. The fourth-order valence-electron chi connectivity index (χ4n) is 3.13. The van der Waals surface area contributed by atoms with E-state index in [1.165, 1.54) is 24.8 Å². The summed E-state index contributed by atoms with van der Waals surface area (Å²) < 4.78 is 5.77. The van der Waals surface area contributed by atoms with Gasteiger partial charge in [0.1, 0.15) is 5.75 Å². The van der Waals surface area contributed by atoms with Crippen molar-refractivity contribution in [3.05, 3.63) is 29.8 Å². The molecule has 0 saturated heterocycles. The molecule has 2 heteroatoms. The van der Waals surface area contributed by atoms with E-state index in [1.54, 1.807) is 0 Å². The third-order valence-electron chi connectivity index (χ3n) is 4.29. The van der Waals surface area contributed by atoms with Gasteiger partial charge >= 0.3 is 0 Å². The molecule has 0 amide bonds. The van der Waals surface area contributed by atoms with Crippen LogP contribution in [0.25, 0.3) is 0 Å². The molecule has 0 saturated carbocycles. The molecule has 1 aromatic rings. The molecule has 1 unspecified atom stereocenters. The van der Waals surface area contributed by atoms with Gasteiger partial charge in [0.05, 0.1) is 6.61 Å². The minimum Gasteiger partial charge on any atom is -0.493 e. The molecule has 1 atom stereocenters. The molecule has 0 aromatic heterocycles. The van der Waals surface area contributed by atoms with Crippen LogP contribution in [0.5, 0.6) is 5.75 Å². The zero-order valence-electron chi connectivity index (χ0n) is 13.2. The average Bonchev–Trinajstić information content (AvgIpc) is 2.44. The van der Waals surface area contributed by atoms with Gasteiger partial charge in [0.15, 0.2) is 0 Å². The van der Waals surface area contributed by atoms with Crippen molar-refractivity contribution in [2.45, 2.75) is 52.4 Å². The predicted molar refractivity (Wildman–Crippen MR) is 85.5 cm³/mol. The molecule has 0 spiro atoms. The van der Waals surface area contributed by atoms with Crippen molar-refractivity contribution in [3.63, 3.8) is 0 Å². The second kappa shape index (κ2) is 7.12. The Morgan fingerprint density at radius 1 is 1.25 bits per heavy atom. The maximum absolute atomic E-state index is 5.77. The molecular weight excluding hydrogens is 246 g/mol. The maximum atomic E-state index is 5.77. The van der Waals surface area contributed by atoms with Crippen molar-refractivity contribution in [2.75, 3.05) is 19.7 Å². The van der Waals surface area contributed by atoms with Crippen LogP contribution in [0.4, 0.5) is 0 Å². The van der Waals surface area contributed by atoms with Crippen molar-refractivity contribution in [1.82, 2.24) is 5.32 Å². The van der Waals surface area contributed by atoms with Gasteiger partial charge in [0.25, 0.3) is 0 Å². The summed E-state index contributed by atoms with van der Waals surface area (Å²) in [5.41, 5.74) is 1.80. The normalized spacial score (nSPS) is 18.4. The van der Waals surface area contributed by atoms with Gasteiger partial charge in [-0.1, -0.05) is 39.0 Å². The van der Waals surface area contributed by atoms with E-state index in [0.717, 1.165) is 31.9 Å². The van der Waals surface area contributed by atoms with E-state index < -0.39 is 0 Å². The Morgan fingerprint density at radius 3 is 2.85 bits per heavy atom. The summed E-state index contributed by atoms with van der Waals surface area (Å²) in [4.78, 5) is 0. The van der Waals surface area contributed by atoms with Crippen LogP contribution >= 0.6 is 0 Å². The predicted octanol–water partition coefficient (Wildman–Crippen LogP) is 4.36. The number of para-hydroxylation sites is 1. The third kappa shape index (κ3) is 4.24. The lowest BCUT2D eigenvalue weighted by molar-refractivity contribution is 0.217. The lowest BCUT2D eigenvalue weighted by atomic mass is 9.76. The van der Waals surface area contributed by atoms with Crippen LogP contribution in [0.15, 0.2) is 24.3 Å². The van der Waals surface area contributed by atoms with E-state index in [1.807, 2.05) is 0 Å². The van der Waals surface area contributed by atoms with Crippen molar-refractivity contribution < 1.29 is 4.74 Å². The van der Waals surface area contributed by atoms with Crippen molar-refractivity contribution in [3.8, 4) is 5.75 Å². The number of fused-ring (bicyclic) bond motifs is 1. The van der Waals surface area contributed by atoms with Gasteiger partial charge in [-0.15, -0.1) is 0 Å². The van der Waals surface area contributed by atoms with Gasteiger partial charge in [0.2, 0.25) is 0 Å². The molecule has 1 aromatic carbocycles.